The number of pyridine rings is 1. The highest BCUT2D eigenvalue weighted by Gasteiger charge is 2.18. The molecule has 18 heavy (non-hydrogen) atoms. The molecular weight excluding hydrogens is 236 g/mol. The van der Waals surface area contributed by atoms with E-state index in [-0.39, 0.29) is 5.82 Å². The highest BCUT2D eigenvalue weighted by atomic mass is 16.3. The number of aromatic nitrogens is 3. The van der Waals surface area contributed by atoms with Crippen LogP contribution in [-0.4, -0.2) is 25.5 Å². The molecular formula is C11H10N4O3. The maximum absolute atomic E-state index is 11.7. The van der Waals surface area contributed by atoms with Crippen LogP contribution >= 0.6 is 0 Å². The van der Waals surface area contributed by atoms with Crippen molar-refractivity contribution in [2.75, 3.05) is 0 Å². The summed E-state index contributed by atoms with van der Waals surface area (Å²) < 4.78 is 1.10. The normalized spacial score (nSPS) is 10.3. The first-order chi connectivity index (χ1) is 8.52. The fourth-order valence-corrected chi connectivity index (χ4v) is 1.49. The SMILES string of the molecule is Cn1c(-c2ccccn2)nc(C(N)=O)c(O)c1=O. The highest BCUT2D eigenvalue weighted by Crippen LogP contribution is 2.15. The molecule has 0 unspecified atom stereocenters. The molecule has 2 aromatic heterocycles. The summed E-state index contributed by atoms with van der Waals surface area (Å²) in [7, 11) is 1.42. The van der Waals surface area contributed by atoms with Crippen LogP contribution in [0, 0.1) is 0 Å². The predicted molar refractivity (Wildman–Crippen MR) is 62.9 cm³/mol. The second-order valence-corrected chi connectivity index (χ2v) is 3.58. The first-order valence-electron chi connectivity index (χ1n) is 5.03. The van der Waals surface area contributed by atoms with Gasteiger partial charge in [-0.2, -0.15) is 0 Å². The number of rotatable bonds is 2. The minimum absolute atomic E-state index is 0.159. The zero-order valence-electron chi connectivity index (χ0n) is 9.49. The Hall–Kier alpha value is -2.70. The van der Waals surface area contributed by atoms with Crippen molar-refractivity contribution in [1.29, 1.82) is 0 Å². The summed E-state index contributed by atoms with van der Waals surface area (Å²) in [6.07, 6.45) is 1.53. The minimum atomic E-state index is -0.970. The summed E-state index contributed by atoms with van der Waals surface area (Å²) in [5.74, 6) is -1.57. The van der Waals surface area contributed by atoms with Crippen molar-refractivity contribution >= 4 is 5.91 Å². The lowest BCUT2D eigenvalue weighted by atomic mass is 10.3. The van der Waals surface area contributed by atoms with Crippen molar-refractivity contribution in [3.8, 4) is 17.3 Å². The van der Waals surface area contributed by atoms with Gasteiger partial charge < -0.3 is 10.8 Å². The van der Waals surface area contributed by atoms with Crippen LogP contribution < -0.4 is 11.3 Å². The van der Waals surface area contributed by atoms with Gasteiger partial charge in [0.2, 0.25) is 5.75 Å². The van der Waals surface area contributed by atoms with Gasteiger partial charge in [0, 0.05) is 13.2 Å². The lowest BCUT2D eigenvalue weighted by Gasteiger charge is -2.08. The average molecular weight is 246 g/mol. The molecule has 0 aromatic carbocycles. The van der Waals surface area contributed by atoms with E-state index in [4.69, 9.17) is 5.73 Å². The number of aromatic hydroxyl groups is 1. The van der Waals surface area contributed by atoms with Crippen molar-refractivity contribution in [3.63, 3.8) is 0 Å². The van der Waals surface area contributed by atoms with Crippen molar-refractivity contribution in [3.05, 3.63) is 40.4 Å². The van der Waals surface area contributed by atoms with E-state index in [0.717, 1.165) is 4.57 Å². The van der Waals surface area contributed by atoms with E-state index in [1.54, 1.807) is 18.2 Å². The maximum atomic E-state index is 11.7. The Bertz CT molecular complexity index is 664. The van der Waals surface area contributed by atoms with Gasteiger partial charge in [-0.05, 0) is 12.1 Å². The summed E-state index contributed by atoms with van der Waals surface area (Å²) in [5, 5.41) is 9.50. The smallest absolute Gasteiger partial charge is 0.296 e. The average Bonchev–Trinajstić information content (AvgIpc) is 2.37. The predicted octanol–water partition coefficient (Wildman–Crippen LogP) is -0.353. The van der Waals surface area contributed by atoms with Gasteiger partial charge in [-0.3, -0.25) is 19.1 Å². The van der Waals surface area contributed by atoms with Gasteiger partial charge in [-0.1, -0.05) is 6.07 Å². The lowest BCUT2D eigenvalue weighted by Crippen LogP contribution is -2.25. The molecule has 1 amide bonds. The monoisotopic (exact) mass is 246 g/mol. The summed E-state index contributed by atoms with van der Waals surface area (Å²) >= 11 is 0. The van der Waals surface area contributed by atoms with Crippen molar-refractivity contribution in [2.45, 2.75) is 0 Å². The Balaban J connectivity index is 2.77. The highest BCUT2D eigenvalue weighted by molar-refractivity contribution is 5.93. The summed E-state index contributed by atoms with van der Waals surface area (Å²) in [4.78, 5) is 30.7. The van der Waals surface area contributed by atoms with E-state index in [9.17, 15) is 14.7 Å². The van der Waals surface area contributed by atoms with Gasteiger partial charge in [0.15, 0.2) is 11.5 Å². The fourth-order valence-electron chi connectivity index (χ4n) is 1.49. The van der Waals surface area contributed by atoms with Crippen LogP contribution in [0.5, 0.6) is 5.75 Å². The van der Waals surface area contributed by atoms with Gasteiger partial charge in [0.25, 0.3) is 11.5 Å². The molecule has 0 aliphatic carbocycles. The third-order valence-corrected chi connectivity index (χ3v) is 2.39. The second kappa shape index (κ2) is 4.28. The number of amides is 1. The van der Waals surface area contributed by atoms with E-state index in [1.165, 1.54) is 13.2 Å². The lowest BCUT2D eigenvalue weighted by molar-refractivity contribution is 0.0992. The van der Waals surface area contributed by atoms with Crippen molar-refractivity contribution < 1.29 is 9.90 Å². The molecule has 2 aromatic rings. The number of hydrogen-bond acceptors (Lipinski definition) is 5. The largest absolute Gasteiger partial charge is 0.501 e. The van der Waals surface area contributed by atoms with Gasteiger partial charge in [-0.15, -0.1) is 0 Å². The molecule has 2 heterocycles. The summed E-state index contributed by atoms with van der Waals surface area (Å²) in [6, 6.07) is 5.05. The van der Waals surface area contributed by atoms with E-state index in [0.29, 0.717) is 5.69 Å². The van der Waals surface area contributed by atoms with E-state index in [1.807, 2.05) is 0 Å². The van der Waals surface area contributed by atoms with Crippen LogP contribution in [0.4, 0.5) is 0 Å². The zero-order chi connectivity index (χ0) is 13.3. The third kappa shape index (κ3) is 1.81. The van der Waals surface area contributed by atoms with Crippen LogP contribution in [0.1, 0.15) is 10.5 Å². The fraction of sp³-hybridized carbons (Fsp3) is 0.0909. The van der Waals surface area contributed by atoms with Crippen molar-refractivity contribution in [1.82, 2.24) is 14.5 Å². The Morgan fingerprint density at radius 1 is 1.44 bits per heavy atom. The summed E-state index contributed by atoms with van der Waals surface area (Å²) in [6.45, 7) is 0. The van der Waals surface area contributed by atoms with E-state index >= 15 is 0 Å². The molecule has 2 rings (SSSR count). The Morgan fingerprint density at radius 3 is 2.72 bits per heavy atom. The van der Waals surface area contributed by atoms with Crippen molar-refractivity contribution in [2.24, 2.45) is 12.8 Å². The van der Waals surface area contributed by atoms with Gasteiger partial charge in [-0.25, -0.2) is 4.98 Å². The molecule has 7 nitrogen and oxygen atoms in total. The number of hydrogen-bond donors (Lipinski definition) is 2. The second-order valence-electron chi connectivity index (χ2n) is 3.58. The summed E-state index contributed by atoms with van der Waals surface area (Å²) in [5.41, 5.74) is 4.24. The van der Waals surface area contributed by atoms with Crippen LogP contribution in [0.3, 0.4) is 0 Å². The Morgan fingerprint density at radius 2 is 2.17 bits per heavy atom. The molecule has 92 valence electrons. The molecule has 3 N–H and O–H groups in total. The van der Waals surface area contributed by atoms with Crippen LogP contribution in [0.25, 0.3) is 11.5 Å². The van der Waals surface area contributed by atoms with Crippen LogP contribution in [0.15, 0.2) is 29.2 Å². The molecule has 0 saturated carbocycles. The van der Waals surface area contributed by atoms with Gasteiger partial charge in [0.1, 0.15) is 5.69 Å². The standard InChI is InChI=1S/C11H10N4O3/c1-15-10(6-4-2-3-5-13-6)14-7(9(12)17)8(16)11(15)18/h2-5,16H,1H3,(H2,12,17). The first kappa shape index (κ1) is 11.8. The number of nitrogens with two attached hydrogens (primary N) is 1. The molecule has 0 fully saturated rings. The number of nitrogens with zero attached hydrogens (tertiary/aromatic N) is 3. The first-order valence-corrected chi connectivity index (χ1v) is 5.03. The Kier molecular flexibility index (Phi) is 2.80. The number of primary amides is 1. The number of carbonyl (C=O) groups excluding carboxylic acids is 1. The van der Waals surface area contributed by atoms with E-state index < -0.39 is 22.9 Å². The third-order valence-electron chi connectivity index (χ3n) is 2.39. The molecule has 0 aliphatic heterocycles. The minimum Gasteiger partial charge on any atom is -0.501 e. The van der Waals surface area contributed by atoms with Gasteiger partial charge in [0.05, 0.1) is 0 Å². The molecule has 0 bridgehead atoms. The van der Waals surface area contributed by atoms with Crippen LogP contribution in [-0.2, 0) is 7.05 Å². The van der Waals surface area contributed by atoms with Gasteiger partial charge >= 0.3 is 0 Å². The zero-order valence-corrected chi connectivity index (χ0v) is 9.49. The molecule has 0 aliphatic rings. The van der Waals surface area contributed by atoms with Crippen LogP contribution in [0.2, 0.25) is 0 Å². The molecule has 0 spiro atoms. The molecule has 7 heteroatoms. The molecule has 0 saturated heterocycles. The molecule has 0 atom stereocenters. The topological polar surface area (TPSA) is 111 Å². The Labute approximate surface area is 102 Å². The molecule has 0 radical (unpaired) electrons. The van der Waals surface area contributed by atoms with E-state index in [2.05, 4.69) is 9.97 Å². The number of carbonyl (C=O) groups is 1. The quantitative estimate of drug-likeness (QED) is 0.752. The maximum Gasteiger partial charge on any atom is 0.296 e.